The Labute approximate surface area is 89.9 Å². The molecular formula is C12H17N3. The van der Waals surface area contributed by atoms with E-state index in [2.05, 4.69) is 28.3 Å². The van der Waals surface area contributed by atoms with Gasteiger partial charge < -0.3 is 10.3 Å². The van der Waals surface area contributed by atoms with Crippen molar-refractivity contribution in [1.82, 2.24) is 15.3 Å². The summed E-state index contributed by atoms with van der Waals surface area (Å²) in [5.41, 5.74) is 2.16. The third kappa shape index (κ3) is 2.57. The predicted octanol–water partition coefficient (Wildman–Crippen LogP) is 2.45. The topological polar surface area (TPSA) is 40.7 Å². The molecule has 0 amide bonds. The van der Waals surface area contributed by atoms with Crippen molar-refractivity contribution < 1.29 is 0 Å². The van der Waals surface area contributed by atoms with Gasteiger partial charge in [0.2, 0.25) is 0 Å². The Morgan fingerprint density at radius 2 is 2.20 bits per heavy atom. The first kappa shape index (κ1) is 10.2. The van der Waals surface area contributed by atoms with E-state index in [-0.39, 0.29) is 0 Å². The fourth-order valence-corrected chi connectivity index (χ4v) is 1.60. The third-order valence-corrected chi connectivity index (χ3v) is 2.44. The zero-order chi connectivity index (χ0) is 10.5. The molecule has 0 spiro atoms. The molecule has 1 aromatic heterocycles. The number of H-pyrrole nitrogens is 1. The van der Waals surface area contributed by atoms with E-state index in [0.717, 1.165) is 29.9 Å². The second kappa shape index (κ2) is 4.94. The molecule has 0 saturated heterocycles. The highest BCUT2D eigenvalue weighted by Crippen LogP contribution is 2.09. The van der Waals surface area contributed by atoms with Gasteiger partial charge in [-0.1, -0.05) is 25.5 Å². The maximum atomic E-state index is 4.49. The molecule has 3 heteroatoms. The maximum Gasteiger partial charge on any atom is 0.121 e. The summed E-state index contributed by atoms with van der Waals surface area (Å²) in [6, 6.07) is 8.12. The number of nitrogens with one attached hydrogen (secondary N) is 2. The summed E-state index contributed by atoms with van der Waals surface area (Å²) >= 11 is 0. The second-order valence-electron chi connectivity index (χ2n) is 3.73. The molecule has 1 heterocycles. The minimum atomic E-state index is 0.828. The summed E-state index contributed by atoms with van der Waals surface area (Å²) in [6.07, 6.45) is 2.45. The summed E-state index contributed by atoms with van der Waals surface area (Å²) in [7, 11) is 0. The first-order chi connectivity index (χ1) is 7.40. The Morgan fingerprint density at radius 1 is 1.33 bits per heavy atom. The molecule has 0 atom stereocenters. The number of aromatic nitrogens is 2. The molecule has 0 saturated carbocycles. The quantitative estimate of drug-likeness (QED) is 0.733. The van der Waals surface area contributed by atoms with Crippen LogP contribution in [0.3, 0.4) is 0 Å². The van der Waals surface area contributed by atoms with Gasteiger partial charge in [-0.2, -0.15) is 0 Å². The van der Waals surface area contributed by atoms with E-state index in [1.165, 1.54) is 12.8 Å². The zero-order valence-electron chi connectivity index (χ0n) is 9.09. The molecular weight excluding hydrogens is 186 g/mol. The summed E-state index contributed by atoms with van der Waals surface area (Å²) in [4.78, 5) is 7.79. The number of rotatable bonds is 5. The number of imidazole rings is 1. The van der Waals surface area contributed by atoms with Crippen molar-refractivity contribution in [1.29, 1.82) is 0 Å². The molecule has 0 aliphatic rings. The van der Waals surface area contributed by atoms with Gasteiger partial charge in [0, 0.05) is 0 Å². The Bertz CT molecular complexity index is 386. The van der Waals surface area contributed by atoms with Crippen molar-refractivity contribution in [2.45, 2.75) is 26.3 Å². The number of para-hydroxylation sites is 2. The molecule has 0 fully saturated rings. The Kier molecular flexibility index (Phi) is 3.35. The maximum absolute atomic E-state index is 4.49. The second-order valence-corrected chi connectivity index (χ2v) is 3.73. The first-order valence-corrected chi connectivity index (χ1v) is 5.54. The van der Waals surface area contributed by atoms with E-state index in [1.54, 1.807) is 0 Å². The number of fused-ring (bicyclic) bond motifs is 1. The fourth-order valence-electron chi connectivity index (χ4n) is 1.60. The van der Waals surface area contributed by atoms with E-state index in [9.17, 15) is 0 Å². The van der Waals surface area contributed by atoms with Crippen molar-refractivity contribution in [3.05, 3.63) is 30.1 Å². The van der Waals surface area contributed by atoms with Crippen LogP contribution in [0.2, 0.25) is 0 Å². The van der Waals surface area contributed by atoms with Crippen LogP contribution in [-0.2, 0) is 6.54 Å². The lowest BCUT2D eigenvalue weighted by Gasteiger charge is -1.99. The van der Waals surface area contributed by atoms with E-state index < -0.39 is 0 Å². The molecule has 0 bridgehead atoms. The van der Waals surface area contributed by atoms with Crippen molar-refractivity contribution in [3.63, 3.8) is 0 Å². The van der Waals surface area contributed by atoms with Crippen molar-refractivity contribution in [2.75, 3.05) is 6.54 Å². The van der Waals surface area contributed by atoms with Crippen LogP contribution in [0.4, 0.5) is 0 Å². The average molecular weight is 203 g/mol. The highest BCUT2D eigenvalue weighted by atomic mass is 15.0. The number of nitrogens with zero attached hydrogens (tertiary/aromatic N) is 1. The van der Waals surface area contributed by atoms with Gasteiger partial charge in [-0.05, 0) is 25.1 Å². The number of unbranched alkanes of at least 4 members (excludes halogenated alkanes) is 1. The van der Waals surface area contributed by atoms with Crippen LogP contribution >= 0.6 is 0 Å². The lowest BCUT2D eigenvalue weighted by Crippen LogP contribution is -2.15. The largest absolute Gasteiger partial charge is 0.341 e. The summed E-state index contributed by atoms with van der Waals surface area (Å²) in [5.74, 6) is 1.02. The number of hydrogen-bond donors (Lipinski definition) is 2. The molecule has 0 aliphatic heterocycles. The number of benzene rings is 1. The van der Waals surface area contributed by atoms with Gasteiger partial charge in [-0.25, -0.2) is 4.98 Å². The number of hydrogen-bond acceptors (Lipinski definition) is 2. The van der Waals surface area contributed by atoms with E-state index in [1.807, 2.05) is 18.2 Å². The third-order valence-electron chi connectivity index (χ3n) is 2.44. The van der Waals surface area contributed by atoms with Gasteiger partial charge in [0.25, 0.3) is 0 Å². The van der Waals surface area contributed by atoms with Crippen LogP contribution in [0.15, 0.2) is 24.3 Å². The molecule has 2 N–H and O–H groups in total. The van der Waals surface area contributed by atoms with Crippen LogP contribution in [-0.4, -0.2) is 16.5 Å². The van der Waals surface area contributed by atoms with Crippen molar-refractivity contribution in [3.8, 4) is 0 Å². The molecule has 80 valence electrons. The normalized spacial score (nSPS) is 11.0. The lowest BCUT2D eigenvalue weighted by atomic mass is 10.3. The van der Waals surface area contributed by atoms with Crippen LogP contribution in [0.5, 0.6) is 0 Å². The van der Waals surface area contributed by atoms with Gasteiger partial charge in [0.05, 0.1) is 17.6 Å². The van der Waals surface area contributed by atoms with Crippen molar-refractivity contribution in [2.24, 2.45) is 0 Å². The van der Waals surface area contributed by atoms with Crippen LogP contribution in [0, 0.1) is 0 Å². The summed E-state index contributed by atoms with van der Waals surface area (Å²) < 4.78 is 0. The van der Waals surface area contributed by atoms with Gasteiger partial charge in [0.15, 0.2) is 0 Å². The zero-order valence-corrected chi connectivity index (χ0v) is 9.09. The minimum Gasteiger partial charge on any atom is -0.341 e. The Morgan fingerprint density at radius 3 is 3.00 bits per heavy atom. The smallest absolute Gasteiger partial charge is 0.121 e. The van der Waals surface area contributed by atoms with Crippen LogP contribution in [0.1, 0.15) is 25.6 Å². The summed E-state index contributed by atoms with van der Waals surface area (Å²) in [6.45, 7) is 4.09. The monoisotopic (exact) mass is 203 g/mol. The minimum absolute atomic E-state index is 0.828. The molecule has 2 rings (SSSR count). The fraction of sp³-hybridized carbons (Fsp3) is 0.417. The molecule has 3 nitrogen and oxygen atoms in total. The molecule has 2 aromatic rings. The Hall–Kier alpha value is -1.35. The van der Waals surface area contributed by atoms with E-state index in [4.69, 9.17) is 0 Å². The van der Waals surface area contributed by atoms with E-state index in [0.29, 0.717) is 0 Å². The van der Waals surface area contributed by atoms with E-state index >= 15 is 0 Å². The Balaban J connectivity index is 1.97. The van der Waals surface area contributed by atoms with Gasteiger partial charge in [0.1, 0.15) is 5.82 Å². The van der Waals surface area contributed by atoms with Gasteiger partial charge in [-0.3, -0.25) is 0 Å². The SMILES string of the molecule is CCCCNCc1nc2ccccc2[nH]1. The lowest BCUT2D eigenvalue weighted by molar-refractivity contribution is 0.627. The van der Waals surface area contributed by atoms with Crippen molar-refractivity contribution >= 4 is 11.0 Å². The highest BCUT2D eigenvalue weighted by molar-refractivity contribution is 5.74. The first-order valence-electron chi connectivity index (χ1n) is 5.54. The summed E-state index contributed by atoms with van der Waals surface area (Å²) in [5, 5.41) is 3.37. The van der Waals surface area contributed by atoms with Crippen LogP contribution < -0.4 is 5.32 Å². The molecule has 15 heavy (non-hydrogen) atoms. The molecule has 0 radical (unpaired) electrons. The number of aromatic amines is 1. The molecule has 0 aliphatic carbocycles. The predicted molar refractivity (Wildman–Crippen MR) is 62.7 cm³/mol. The van der Waals surface area contributed by atoms with Gasteiger partial charge >= 0.3 is 0 Å². The van der Waals surface area contributed by atoms with Crippen LogP contribution in [0.25, 0.3) is 11.0 Å². The average Bonchev–Trinajstić information content (AvgIpc) is 2.67. The molecule has 1 aromatic carbocycles. The molecule has 0 unspecified atom stereocenters. The highest BCUT2D eigenvalue weighted by Gasteiger charge is 2.00. The van der Waals surface area contributed by atoms with Gasteiger partial charge in [-0.15, -0.1) is 0 Å². The standard InChI is InChI=1S/C12H17N3/c1-2-3-8-13-9-12-14-10-6-4-5-7-11(10)15-12/h4-7,13H,2-3,8-9H2,1H3,(H,14,15).